The van der Waals surface area contributed by atoms with Crippen LogP contribution in [-0.4, -0.2) is 57.4 Å². The third kappa shape index (κ3) is 4.64. The lowest BCUT2D eigenvalue weighted by atomic mass is 9.91. The second-order valence-corrected chi connectivity index (χ2v) is 8.91. The third-order valence-corrected chi connectivity index (χ3v) is 6.62. The van der Waals surface area contributed by atoms with Gasteiger partial charge in [0.15, 0.2) is 0 Å². The van der Waals surface area contributed by atoms with Crippen LogP contribution in [0.25, 0.3) is 11.3 Å². The molecule has 6 heteroatoms. The highest BCUT2D eigenvalue weighted by Gasteiger charge is 2.27. The molecule has 0 saturated carbocycles. The van der Waals surface area contributed by atoms with E-state index in [0.29, 0.717) is 5.92 Å². The molecule has 0 aliphatic carbocycles. The topological polar surface area (TPSA) is 50.1 Å². The molecule has 0 radical (unpaired) electrons. The van der Waals surface area contributed by atoms with Crippen LogP contribution >= 0.6 is 0 Å². The van der Waals surface area contributed by atoms with E-state index in [-0.39, 0.29) is 0 Å². The summed E-state index contributed by atoms with van der Waals surface area (Å²) in [6, 6.07) is 12.8. The summed E-state index contributed by atoms with van der Waals surface area (Å²) in [6.45, 7) is 5.47. The van der Waals surface area contributed by atoms with Gasteiger partial charge in [-0.25, -0.2) is 9.97 Å². The van der Waals surface area contributed by atoms with Crippen LogP contribution in [0.4, 0.5) is 5.95 Å². The largest absolute Gasteiger partial charge is 0.341 e. The Morgan fingerprint density at radius 3 is 2.68 bits per heavy atom. The molecule has 0 N–H and O–H groups in total. The highest BCUT2D eigenvalue weighted by atomic mass is 15.3. The first-order valence-corrected chi connectivity index (χ1v) is 11.6. The summed E-state index contributed by atoms with van der Waals surface area (Å²) in [6.07, 6.45) is 10.0. The van der Waals surface area contributed by atoms with E-state index in [1.807, 2.05) is 24.0 Å². The maximum Gasteiger partial charge on any atom is 0.225 e. The molecule has 0 spiro atoms. The molecule has 3 aromatic rings. The zero-order chi connectivity index (χ0) is 21.0. The normalized spacial score (nSPS) is 19.8. The number of aryl methyl sites for hydroxylation is 1. The van der Waals surface area contributed by atoms with E-state index in [1.54, 1.807) is 0 Å². The fourth-order valence-electron chi connectivity index (χ4n) is 4.99. The average Bonchev–Trinajstić information content (AvgIpc) is 3.49. The third-order valence-electron chi connectivity index (χ3n) is 6.62. The molecule has 6 nitrogen and oxygen atoms in total. The van der Waals surface area contributed by atoms with Crippen LogP contribution in [0.15, 0.2) is 48.8 Å². The fourth-order valence-corrected chi connectivity index (χ4v) is 4.99. The van der Waals surface area contributed by atoms with Gasteiger partial charge in [0, 0.05) is 57.1 Å². The van der Waals surface area contributed by atoms with Gasteiger partial charge in [0.25, 0.3) is 0 Å². The lowest BCUT2D eigenvalue weighted by molar-refractivity contribution is 0.208. The second-order valence-electron chi connectivity index (χ2n) is 8.91. The van der Waals surface area contributed by atoms with Crippen LogP contribution in [0, 0.1) is 0 Å². The molecule has 4 heterocycles. The Morgan fingerprint density at radius 2 is 1.84 bits per heavy atom. The molecular weight excluding hydrogens is 384 g/mol. The molecule has 2 fully saturated rings. The average molecular weight is 417 g/mol. The molecule has 2 aliphatic rings. The molecule has 0 unspecified atom stereocenters. The minimum absolute atomic E-state index is 0.450. The zero-order valence-corrected chi connectivity index (χ0v) is 18.5. The van der Waals surface area contributed by atoms with Crippen molar-refractivity contribution in [1.29, 1.82) is 0 Å². The maximum absolute atomic E-state index is 4.94. The quantitative estimate of drug-likeness (QED) is 0.610. The first kappa shape index (κ1) is 20.2. The second kappa shape index (κ2) is 9.18. The lowest BCUT2D eigenvalue weighted by Gasteiger charge is -2.32. The van der Waals surface area contributed by atoms with Crippen LogP contribution in [0.2, 0.25) is 0 Å². The number of hydrogen-bond acceptors (Lipinski definition) is 5. The van der Waals surface area contributed by atoms with Crippen molar-refractivity contribution in [3.8, 4) is 11.3 Å². The number of hydrogen-bond donors (Lipinski definition) is 0. The number of aromatic nitrogens is 4. The summed E-state index contributed by atoms with van der Waals surface area (Å²) in [5.41, 5.74) is 4.78. The highest BCUT2D eigenvalue weighted by molar-refractivity contribution is 5.63. The summed E-state index contributed by atoms with van der Waals surface area (Å²) < 4.78 is 1.95. The maximum atomic E-state index is 4.94. The van der Waals surface area contributed by atoms with E-state index >= 15 is 0 Å². The van der Waals surface area contributed by atoms with Crippen LogP contribution in [0.3, 0.4) is 0 Å². The van der Waals surface area contributed by atoms with E-state index in [9.17, 15) is 0 Å². The van der Waals surface area contributed by atoms with Gasteiger partial charge in [0.1, 0.15) is 0 Å². The number of likely N-dealkylation sites (tertiary alicyclic amines) is 1. The van der Waals surface area contributed by atoms with Crippen LogP contribution in [0.5, 0.6) is 0 Å². The monoisotopic (exact) mass is 416 g/mol. The van der Waals surface area contributed by atoms with Gasteiger partial charge >= 0.3 is 0 Å². The summed E-state index contributed by atoms with van der Waals surface area (Å²) in [5, 5.41) is 4.91. The smallest absolute Gasteiger partial charge is 0.225 e. The summed E-state index contributed by atoms with van der Waals surface area (Å²) in [4.78, 5) is 14.4. The summed E-state index contributed by atoms with van der Waals surface area (Å²) in [5.74, 6) is 1.31. The predicted molar refractivity (Wildman–Crippen MR) is 124 cm³/mol. The van der Waals surface area contributed by atoms with E-state index in [4.69, 9.17) is 10.1 Å². The van der Waals surface area contributed by atoms with Gasteiger partial charge in [0.2, 0.25) is 5.95 Å². The number of rotatable bonds is 6. The Kier molecular flexibility index (Phi) is 5.98. The van der Waals surface area contributed by atoms with Crippen molar-refractivity contribution in [3.63, 3.8) is 0 Å². The van der Waals surface area contributed by atoms with Gasteiger partial charge in [0.05, 0.1) is 11.4 Å². The fraction of sp³-hybridized carbons (Fsp3) is 0.480. The molecule has 0 amide bonds. The molecule has 1 atom stereocenters. The van der Waals surface area contributed by atoms with Gasteiger partial charge in [-0.05, 0) is 50.3 Å². The van der Waals surface area contributed by atoms with Crippen LogP contribution in [0.1, 0.15) is 42.9 Å². The Morgan fingerprint density at radius 1 is 1.00 bits per heavy atom. The molecule has 1 aromatic carbocycles. The first-order chi connectivity index (χ1) is 15.3. The molecule has 2 aliphatic heterocycles. The highest BCUT2D eigenvalue weighted by Crippen LogP contribution is 2.33. The molecule has 2 saturated heterocycles. The van der Waals surface area contributed by atoms with Crippen LogP contribution in [-0.2, 0) is 13.5 Å². The number of benzene rings is 1. The number of nitrogens with zero attached hydrogens (tertiary/aromatic N) is 6. The van der Waals surface area contributed by atoms with Crippen molar-refractivity contribution >= 4 is 5.95 Å². The summed E-state index contributed by atoms with van der Waals surface area (Å²) in [7, 11) is 2.02. The molecule has 2 aromatic heterocycles. The van der Waals surface area contributed by atoms with E-state index in [1.165, 1.54) is 49.0 Å². The van der Waals surface area contributed by atoms with Crippen molar-refractivity contribution < 1.29 is 0 Å². The van der Waals surface area contributed by atoms with Crippen LogP contribution < -0.4 is 4.90 Å². The Labute approximate surface area is 184 Å². The molecular formula is C25H32N6. The number of anilines is 1. The molecule has 162 valence electrons. The van der Waals surface area contributed by atoms with Crippen molar-refractivity contribution in [2.45, 2.75) is 38.0 Å². The lowest BCUT2D eigenvalue weighted by Crippen LogP contribution is -2.36. The van der Waals surface area contributed by atoms with E-state index < -0.39 is 0 Å². The minimum atomic E-state index is 0.450. The van der Waals surface area contributed by atoms with Crippen molar-refractivity contribution in [2.75, 3.05) is 37.6 Å². The van der Waals surface area contributed by atoms with Crippen molar-refractivity contribution in [2.24, 2.45) is 7.05 Å². The predicted octanol–water partition coefficient (Wildman–Crippen LogP) is 3.90. The standard InChI is InChI=1S/C25H32N6/c1-29-19-22(23-11-13-26-25(27-23)31-15-5-6-16-31)24(28-29)21-10-7-14-30(18-21)17-12-20-8-3-2-4-9-20/h2-4,8-9,11,13,19,21H,5-7,10,12,14-18H2,1H3/t21-/m0/s1. The van der Waals surface area contributed by atoms with Gasteiger partial charge in [-0.1, -0.05) is 30.3 Å². The Hall–Kier alpha value is -2.73. The Bertz CT molecular complexity index is 992. The van der Waals surface area contributed by atoms with Gasteiger partial charge in [-0.15, -0.1) is 0 Å². The first-order valence-electron chi connectivity index (χ1n) is 11.6. The molecule has 5 rings (SSSR count). The van der Waals surface area contributed by atoms with Gasteiger partial charge in [-0.3, -0.25) is 4.68 Å². The van der Waals surface area contributed by atoms with E-state index in [0.717, 1.165) is 44.2 Å². The van der Waals surface area contributed by atoms with Gasteiger partial charge < -0.3 is 9.80 Å². The summed E-state index contributed by atoms with van der Waals surface area (Å²) >= 11 is 0. The molecule has 0 bridgehead atoms. The Balaban J connectivity index is 1.33. The SMILES string of the molecule is Cn1cc(-c2ccnc(N3CCCC3)n2)c([C@H]2CCCN(CCc3ccccc3)C2)n1. The zero-order valence-electron chi connectivity index (χ0n) is 18.5. The van der Waals surface area contributed by atoms with Crippen molar-refractivity contribution in [3.05, 3.63) is 60.0 Å². The minimum Gasteiger partial charge on any atom is -0.341 e. The molecule has 31 heavy (non-hydrogen) atoms. The van der Waals surface area contributed by atoms with E-state index in [2.05, 4.69) is 51.3 Å². The van der Waals surface area contributed by atoms with Crippen molar-refractivity contribution in [1.82, 2.24) is 24.6 Å². The number of piperidine rings is 1. The van der Waals surface area contributed by atoms with Gasteiger partial charge in [-0.2, -0.15) is 5.10 Å².